The van der Waals surface area contributed by atoms with Crippen LogP contribution in [0.3, 0.4) is 0 Å². The van der Waals surface area contributed by atoms with Gasteiger partial charge in [-0.25, -0.2) is 4.39 Å². The Morgan fingerprint density at radius 3 is 2.54 bits per heavy atom. The van der Waals surface area contributed by atoms with Crippen molar-refractivity contribution < 1.29 is 18.7 Å². The number of carbonyl (C=O) groups excluding carboxylic acids is 2. The first-order chi connectivity index (χ1) is 12.0. The van der Waals surface area contributed by atoms with E-state index in [2.05, 4.69) is 5.32 Å². The van der Waals surface area contributed by atoms with Gasteiger partial charge < -0.3 is 19.9 Å². The lowest BCUT2D eigenvalue weighted by molar-refractivity contribution is -0.133. The van der Waals surface area contributed by atoms with Crippen LogP contribution in [0, 0.1) is 5.82 Å². The topological polar surface area (TPSA) is 61.9 Å². The Bertz CT molecular complexity index is 648. The molecule has 1 atom stereocenters. The number of benzene rings is 1. The number of nitrogens with one attached hydrogen (secondary N) is 1. The van der Waals surface area contributed by atoms with Crippen LogP contribution in [0.1, 0.15) is 16.8 Å². The SMILES string of the molecule is Cl.O=C(CC1COCCN1)N1CCN(C(=O)c2ccc(F)cc2Cl)CC1. The van der Waals surface area contributed by atoms with Gasteiger partial charge in [0.15, 0.2) is 0 Å². The minimum Gasteiger partial charge on any atom is -0.378 e. The molecule has 9 heteroatoms. The summed E-state index contributed by atoms with van der Waals surface area (Å²) in [5.74, 6) is -0.647. The van der Waals surface area contributed by atoms with E-state index in [0.717, 1.165) is 12.6 Å². The quantitative estimate of drug-likeness (QED) is 0.828. The van der Waals surface area contributed by atoms with Gasteiger partial charge in [0.25, 0.3) is 5.91 Å². The highest BCUT2D eigenvalue weighted by Gasteiger charge is 2.27. The number of nitrogens with zero attached hydrogens (tertiary/aromatic N) is 2. The number of ether oxygens (including phenoxy) is 1. The highest BCUT2D eigenvalue weighted by Crippen LogP contribution is 2.20. The van der Waals surface area contributed by atoms with Crippen molar-refractivity contribution in [3.63, 3.8) is 0 Å². The van der Waals surface area contributed by atoms with Gasteiger partial charge in [0.2, 0.25) is 5.91 Å². The number of carbonyl (C=O) groups is 2. The number of hydrogen-bond acceptors (Lipinski definition) is 4. The zero-order chi connectivity index (χ0) is 17.8. The number of halogens is 3. The second kappa shape index (κ2) is 9.50. The van der Waals surface area contributed by atoms with Crippen molar-refractivity contribution in [3.8, 4) is 0 Å². The van der Waals surface area contributed by atoms with Crippen LogP contribution in [-0.2, 0) is 9.53 Å². The number of amides is 2. The standard InChI is InChI=1S/C17H21ClFN3O3.ClH/c18-15-9-12(19)1-2-14(15)17(24)22-6-4-21(5-7-22)16(23)10-13-11-25-8-3-20-13;/h1-2,9,13,20H,3-8,10-11H2;1H. The molecule has 0 aliphatic carbocycles. The molecule has 1 N–H and O–H groups in total. The third-order valence-corrected chi connectivity index (χ3v) is 4.81. The fourth-order valence-electron chi connectivity index (χ4n) is 3.08. The Kier molecular flexibility index (Phi) is 7.64. The van der Waals surface area contributed by atoms with Crippen LogP contribution in [0.2, 0.25) is 5.02 Å². The predicted octanol–water partition coefficient (Wildman–Crippen LogP) is 1.56. The van der Waals surface area contributed by atoms with E-state index in [0.29, 0.717) is 45.8 Å². The molecule has 3 rings (SSSR count). The summed E-state index contributed by atoms with van der Waals surface area (Å²) in [5.41, 5.74) is 0.284. The van der Waals surface area contributed by atoms with Gasteiger partial charge in [-0.2, -0.15) is 0 Å². The van der Waals surface area contributed by atoms with Crippen LogP contribution in [0.4, 0.5) is 4.39 Å². The Morgan fingerprint density at radius 1 is 1.23 bits per heavy atom. The van der Waals surface area contributed by atoms with Crippen molar-refractivity contribution in [3.05, 3.63) is 34.6 Å². The van der Waals surface area contributed by atoms with Crippen molar-refractivity contribution in [2.45, 2.75) is 12.5 Å². The maximum absolute atomic E-state index is 13.1. The Morgan fingerprint density at radius 2 is 1.92 bits per heavy atom. The largest absolute Gasteiger partial charge is 0.378 e. The van der Waals surface area contributed by atoms with Crippen LogP contribution in [0.5, 0.6) is 0 Å². The first-order valence-corrected chi connectivity index (χ1v) is 8.75. The molecule has 2 heterocycles. The van der Waals surface area contributed by atoms with Gasteiger partial charge in [0.1, 0.15) is 5.82 Å². The molecule has 1 aromatic carbocycles. The summed E-state index contributed by atoms with van der Waals surface area (Å²) in [5, 5.41) is 3.37. The van der Waals surface area contributed by atoms with Crippen molar-refractivity contribution in [1.82, 2.24) is 15.1 Å². The van der Waals surface area contributed by atoms with E-state index >= 15 is 0 Å². The number of morpholine rings is 1. The fourth-order valence-corrected chi connectivity index (χ4v) is 3.33. The number of rotatable bonds is 3. The average molecular weight is 406 g/mol. The summed E-state index contributed by atoms with van der Waals surface area (Å²) < 4.78 is 18.5. The molecule has 2 saturated heterocycles. The summed E-state index contributed by atoms with van der Waals surface area (Å²) in [6.07, 6.45) is 0.401. The molecule has 144 valence electrons. The van der Waals surface area contributed by atoms with Gasteiger partial charge in [0.05, 0.1) is 23.8 Å². The molecular weight excluding hydrogens is 384 g/mol. The first-order valence-electron chi connectivity index (χ1n) is 8.38. The lowest BCUT2D eigenvalue weighted by atomic mass is 10.1. The minimum absolute atomic E-state index is 0. The molecule has 0 bridgehead atoms. The molecule has 2 amide bonds. The Hall–Kier alpha value is -1.41. The maximum atomic E-state index is 13.1. The van der Waals surface area contributed by atoms with Gasteiger partial charge >= 0.3 is 0 Å². The van der Waals surface area contributed by atoms with Crippen molar-refractivity contribution in [2.24, 2.45) is 0 Å². The van der Waals surface area contributed by atoms with Crippen LogP contribution in [0.15, 0.2) is 18.2 Å². The van der Waals surface area contributed by atoms with E-state index in [1.54, 1.807) is 9.80 Å². The molecule has 2 fully saturated rings. The minimum atomic E-state index is -0.475. The van der Waals surface area contributed by atoms with E-state index < -0.39 is 5.82 Å². The second-order valence-corrected chi connectivity index (χ2v) is 6.63. The molecule has 2 aliphatic rings. The molecule has 0 saturated carbocycles. The van der Waals surface area contributed by atoms with E-state index in [1.165, 1.54) is 12.1 Å². The molecular formula is C17H22Cl2FN3O3. The summed E-state index contributed by atoms with van der Waals surface area (Å²) >= 11 is 5.96. The molecule has 6 nitrogen and oxygen atoms in total. The number of hydrogen-bond donors (Lipinski definition) is 1. The summed E-state index contributed by atoms with van der Waals surface area (Å²) in [6, 6.07) is 3.80. The van der Waals surface area contributed by atoms with Crippen molar-refractivity contribution >= 4 is 35.8 Å². The van der Waals surface area contributed by atoms with Crippen molar-refractivity contribution in [1.29, 1.82) is 0 Å². The van der Waals surface area contributed by atoms with Crippen LogP contribution in [0.25, 0.3) is 0 Å². The zero-order valence-electron chi connectivity index (χ0n) is 14.2. The van der Waals surface area contributed by atoms with Gasteiger partial charge in [-0.3, -0.25) is 9.59 Å². The second-order valence-electron chi connectivity index (χ2n) is 6.23. The summed E-state index contributed by atoms with van der Waals surface area (Å²) in [4.78, 5) is 28.3. The smallest absolute Gasteiger partial charge is 0.255 e. The average Bonchev–Trinajstić information content (AvgIpc) is 2.62. The first kappa shape index (κ1) is 20.9. The van der Waals surface area contributed by atoms with Crippen LogP contribution < -0.4 is 5.32 Å². The third-order valence-electron chi connectivity index (χ3n) is 4.50. The molecule has 0 aromatic heterocycles. The summed E-state index contributed by atoms with van der Waals surface area (Å²) in [7, 11) is 0. The number of piperazine rings is 1. The Balaban J connectivity index is 0.00000243. The maximum Gasteiger partial charge on any atom is 0.255 e. The molecule has 26 heavy (non-hydrogen) atoms. The summed E-state index contributed by atoms with van der Waals surface area (Å²) in [6.45, 7) is 3.83. The van der Waals surface area contributed by atoms with Crippen LogP contribution in [-0.4, -0.2) is 73.6 Å². The molecule has 0 spiro atoms. The van der Waals surface area contributed by atoms with E-state index in [1.807, 2.05) is 0 Å². The van der Waals surface area contributed by atoms with Crippen LogP contribution >= 0.6 is 24.0 Å². The molecule has 1 aromatic rings. The van der Waals surface area contributed by atoms with E-state index in [4.69, 9.17) is 16.3 Å². The highest BCUT2D eigenvalue weighted by atomic mass is 35.5. The molecule has 0 radical (unpaired) electrons. The lowest BCUT2D eigenvalue weighted by Gasteiger charge is -2.36. The lowest BCUT2D eigenvalue weighted by Crippen LogP contribution is -2.52. The molecule has 2 aliphatic heterocycles. The monoisotopic (exact) mass is 405 g/mol. The van der Waals surface area contributed by atoms with Gasteiger partial charge in [0, 0.05) is 45.2 Å². The van der Waals surface area contributed by atoms with E-state index in [9.17, 15) is 14.0 Å². The van der Waals surface area contributed by atoms with Gasteiger partial charge in [-0.1, -0.05) is 11.6 Å². The van der Waals surface area contributed by atoms with E-state index in [-0.39, 0.29) is 40.8 Å². The zero-order valence-corrected chi connectivity index (χ0v) is 15.8. The van der Waals surface area contributed by atoms with Crippen molar-refractivity contribution in [2.75, 3.05) is 45.9 Å². The third kappa shape index (κ3) is 5.07. The normalized spacial score (nSPS) is 20.5. The Labute approximate surface area is 163 Å². The molecule has 1 unspecified atom stereocenters. The highest BCUT2D eigenvalue weighted by molar-refractivity contribution is 6.33. The fraction of sp³-hybridized carbons (Fsp3) is 0.529. The van der Waals surface area contributed by atoms with Gasteiger partial charge in [-0.05, 0) is 18.2 Å². The predicted molar refractivity (Wildman–Crippen MR) is 98.4 cm³/mol. The van der Waals surface area contributed by atoms with Gasteiger partial charge in [-0.15, -0.1) is 12.4 Å².